The van der Waals surface area contributed by atoms with Crippen molar-refractivity contribution in [1.82, 2.24) is 28.5 Å². The summed E-state index contributed by atoms with van der Waals surface area (Å²) in [6.45, 7) is 33.0. The fourth-order valence-corrected chi connectivity index (χ4v) is 11.0. The predicted molar refractivity (Wildman–Crippen MR) is 545 cm³/mol. The van der Waals surface area contributed by atoms with Crippen molar-refractivity contribution in [1.29, 1.82) is 15.8 Å². The highest BCUT2D eigenvalue weighted by Gasteiger charge is 2.27. The largest absolute Gasteiger partial charge is 0.497 e. The SMILES string of the molecule is CCOC(=O)/C(C#N)=C(/C=C/N(C)C)OCC.CCOC(=O)/C(C#N)=C(\C)OCC.CCOC(=O)CC#N.CCOC(=O)c1c(OCC)cc[nH]c1=O.CCOC(=O)c1c(OCC)ccn(-c2ccc(F)cc2)c1=O.CCOC(C)(OCC)OCC.CCOc1ccn(-c2ccc(F)cc2)c(=O)c1C(=O)Cl.CCOc1ccn(-c2ccc(F)cc2)c(=O)c1C(=O)O.COC(OC)N(C)C.O=S(Cl)Cl.OB(O)c1ccc(F)cc1. The Morgan fingerprint density at radius 2 is 0.804 bits per heavy atom. The lowest BCUT2D eigenvalue weighted by atomic mass is 9.80. The standard InChI is InChI=1S/C16H16FNO4.C14H11ClFNO3.C14H12FNO4.C12H18N2O3.C10H13NO4.C9H13NO3.C8H18O3.C6H6BFO2.C5H13NO2.C5H7NO2.Cl2OS/c1-3-21-13-9-10-18(12-7-5-11(17)6-8-12)15(19)14(13)16(20)22-4-2;1-2-20-11-7-8-17(14(19)12(11)13(15)18)10-5-3-9(16)4-6-10;1-2-20-11-7-8-16(13(17)12(11)14(18)19)10-5-3-9(15)4-6-10;1-5-16-11(7-8-14(3)4)10(9-13)12(15)17-6-2;1-3-14-7-5-6-11-9(12)8(7)10(13)15-4-2;1-4-12-7(3)8(6-10)9(11)13-5-2;1-5-9-8(4,10-6-2)11-7-3;8-6-3-1-5(2-4-6)7(9)10;1-6(2)5(7-3)8-4;1-2-8-5(7)3-4-6;1-4(2)3/h5-10H,3-4H2,1-2H3;3-8H,2H2,1H3;3-8H,2H2,1H3,(H,18,19);7-8H,5-6H2,1-4H3;5-6H,3-4H2,1-2H3,(H,11,12);4-5H2,1-3H3;5-7H2,1-4H3;1-4,9-10H;5H,1-4H3;2-3H2,1H3;/b;;;8-7+,11-10-;;8-7+;;;;;. The Hall–Kier alpha value is -14.1. The highest BCUT2D eigenvalue weighted by Crippen LogP contribution is 2.23. The molecule has 0 amide bonds. The van der Waals surface area contributed by atoms with Gasteiger partial charge in [-0.1, -0.05) is 12.1 Å². The van der Waals surface area contributed by atoms with Crippen molar-refractivity contribution in [2.24, 2.45) is 0 Å². The number of carbonyl (C=O) groups is 7. The molecule has 4 aromatic heterocycles. The van der Waals surface area contributed by atoms with Crippen LogP contribution in [0.2, 0.25) is 0 Å². The number of nitriles is 3. The first-order valence-electron chi connectivity index (χ1n) is 45.0. The van der Waals surface area contributed by atoms with E-state index in [1.165, 1.54) is 155 Å². The van der Waals surface area contributed by atoms with E-state index < -0.39 is 109 Å². The van der Waals surface area contributed by atoms with E-state index in [9.17, 15) is 70.3 Å². The number of pyridine rings is 4. The molecule has 0 aliphatic heterocycles. The Morgan fingerprint density at radius 1 is 0.473 bits per heavy atom. The van der Waals surface area contributed by atoms with Gasteiger partial charge in [0.15, 0.2) is 27.8 Å². The first-order valence-corrected chi connectivity index (χ1v) is 48.2. The molecule has 4 heterocycles. The minimum Gasteiger partial charge on any atom is -0.497 e. The number of aromatic amines is 1. The monoisotopic (exact) mass is 2160 g/mol. The average molecular weight is 2160 g/mol. The van der Waals surface area contributed by atoms with E-state index >= 15 is 0 Å². The molecule has 812 valence electrons. The Labute approximate surface area is 872 Å². The second kappa shape index (κ2) is 80.1. The zero-order valence-electron chi connectivity index (χ0n) is 86.2. The number of nitrogens with zero attached hydrogens (tertiary/aromatic N) is 8. The van der Waals surface area contributed by atoms with Crippen molar-refractivity contribution in [3.8, 4) is 58.3 Å². The summed E-state index contributed by atoms with van der Waals surface area (Å²) >= 11 is 5.44. The van der Waals surface area contributed by atoms with Gasteiger partial charge < -0.3 is 101 Å². The molecule has 0 fully saturated rings. The zero-order valence-corrected chi connectivity index (χ0v) is 89.3. The van der Waals surface area contributed by atoms with Crippen LogP contribution in [0.15, 0.2) is 200 Å². The van der Waals surface area contributed by atoms with Gasteiger partial charge in [0.05, 0.1) is 78.7 Å². The van der Waals surface area contributed by atoms with Gasteiger partial charge in [0.1, 0.15) is 81.9 Å². The number of methoxy groups -OCH3 is 2. The molecule has 40 nitrogen and oxygen atoms in total. The number of rotatable bonds is 39. The fourth-order valence-electron chi connectivity index (χ4n) is 10.8. The quantitative estimate of drug-likeness (QED) is 0.00265. The van der Waals surface area contributed by atoms with Crippen LogP contribution in [0.4, 0.5) is 17.6 Å². The molecular formula is C99H127BCl3F4N9O31S. The highest BCUT2D eigenvalue weighted by atomic mass is 36.0. The van der Waals surface area contributed by atoms with E-state index in [4.69, 9.17) is 113 Å². The van der Waals surface area contributed by atoms with Gasteiger partial charge in [-0.05, 0) is 250 Å². The van der Waals surface area contributed by atoms with Crippen LogP contribution in [0.3, 0.4) is 0 Å². The number of nitrogens with one attached hydrogen (secondary N) is 1. The van der Waals surface area contributed by atoms with Gasteiger partial charge in [-0.3, -0.25) is 47.4 Å². The molecule has 148 heavy (non-hydrogen) atoms. The maximum Gasteiger partial charge on any atom is 0.488 e. The number of ether oxygens (including phenoxy) is 16. The number of hydrogen-bond acceptors (Lipinski definition) is 35. The van der Waals surface area contributed by atoms with Gasteiger partial charge in [0.2, 0.25) is 15.6 Å². The molecule has 0 bridgehead atoms. The molecule has 0 unspecified atom stereocenters. The summed E-state index contributed by atoms with van der Waals surface area (Å²) in [6, 6.07) is 32.0. The molecule has 8 rings (SSSR count). The van der Waals surface area contributed by atoms with Gasteiger partial charge in [0.25, 0.3) is 33.5 Å². The summed E-state index contributed by atoms with van der Waals surface area (Å²) in [5.41, 5.74) is -1.98. The minimum absolute atomic E-state index is 0.0170. The Balaban J connectivity index is -0.00000160. The number of benzene rings is 4. The van der Waals surface area contributed by atoms with Crippen molar-refractivity contribution in [2.45, 2.75) is 130 Å². The second-order valence-electron chi connectivity index (χ2n) is 27.6. The number of carboxylic acid groups (broad SMARTS) is 1. The number of carboxylic acids is 1. The maximum absolute atomic E-state index is 13.0. The Kier molecular flexibility index (Phi) is 74.8. The molecule has 0 atom stereocenters. The third kappa shape index (κ3) is 54.4. The van der Waals surface area contributed by atoms with Gasteiger partial charge in [0, 0.05) is 124 Å². The van der Waals surface area contributed by atoms with Gasteiger partial charge in [-0.25, -0.2) is 45.7 Å². The van der Waals surface area contributed by atoms with Crippen LogP contribution < -0.4 is 46.6 Å². The van der Waals surface area contributed by atoms with E-state index in [-0.39, 0.29) is 108 Å². The van der Waals surface area contributed by atoms with Crippen molar-refractivity contribution >= 4 is 95.8 Å². The average Bonchev–Trinajstić information content (AvgIpc) is 0.799. The van der Waals surface area contributed by atoms with Crippen LogP contribution in [0.25, 0.3) is 17.1 Å². The Morgan fingerprint density at radius 3 is 1.11 bits per heavy atom. The molecule has 49 heteroatoms. The van der Waals surface area contributed by atoms with E-state index in [0.717, 1.165) is 4.57 Å². The molecule has 0 saturated carbocycles. The zero-order chi connectivity index (χ0) is 113. The van der Waals surface area contributed by atoms with Crippen LogP contribution in [-0.2, 0) is 80.5 Å². The highest BCUT2D eigenvalue weighted by molar-refractivity contribution is 8.26. The maximum atomic E-state index is 13.0. The van der Waals surface area contributed by atoms with E-state index in [0.29, 0.717) is 87.7 Å². The van der Waals surface area contributed by atoms with Crippen molar-refractivity contribution in [3.05, 3.63) is 268 Å². The molecule has 0 aliphatic rings. The molecule has 8 aromatic rings. The van der Waals surface area contributed by atoms with Crippen molar-refractivity contribution in [2.75, 3.05) is 135 Å². The minimum atomic E-state index is -1.67. The van der Waals surface area contributed by atoms with Crippen molar-refractivity contribution in [3.63, 3.8) is 0 Å². The molecule has 0 aliphatic carbocycles. The van der Waals surface area contributed by atoms with Crippen LogP contribution in [0.1, 0.15) is 159 Å². The molecule has 0 radical (unpaired) electrons. The lowest BCUT2D eigenvalue weighted by Gasteiger charge is -2.27. The summed E-state index contributed by atoms with van der Waals surface area (Å²) in [6.07, 6.45) is 8.65. The lowest BCUT2D eigenvalue weighted by molar-refractivity contribution is -0.365. The number of esters is 5. The molecule has 0 spiro atoms. The predicted octanol–water partition coefficient (Wildman–Crippen LogP) is 14.1. The molecular weight excluding hydrogens is 2040 g/mol. The van der Waals surface area contributed by atoms with Crippen LogP contribution in [0.5, 0.6) is 23.0 Å². The van der Waals surface area contributed by atoms with E-state index in [1.54, 1.807) is 140 Å². The lowest BCUT2D eigenvalue weighted by Crippen LogP contribution is -2.35. The third-order valence-electron chi connectivity index (χ3n) is 16.7. The summed E-state index contributed by atoms with van der Waals surface area (Å²) < 4.78 is 144. The number of H-pyrrole nitrogens is 1. The first-order chi connectivity index (χ1) is 70.2. The fraction of sp³-hybridized carbons (Fsp3) is 0.394. The van der Waals surface area contributed by atoms with Crippen molar-refractivity contribution < 1.29 is 146 Å². The third-order valence-corrected chi connectivity index (χ3v) is 16.9. The van der Waals surface area contributed by atoms with Crippen LogP contribution in [0, 0.1) is 57.3 Å². The van der Waals surface area contributed by atoms with E-state index in [1.807, 2.05) is 53.9 Å². The van der Waals surface area contributed by atoms with Crippen LogP contribution in [-0.4, -0.2) is 243 Å². The smallest absolute Gasteiger partial charge is 0.488 e. The van der Waals surface area contributed by atoms with Gasteiger partial charge in [-0.2, -0.15) is 15.8 Å². The molecule has 0 saturated heterocycles. The summed E-state index contributed by atoms with van der Waals surface area (Å²) in [4.78, 5) is 133. The summed E-state index contributed by atoms with van der Waals surface area (Å²) in [5.74, 6) is -5.91. The van der Waals surface area contributed by atoms with Gasteiger partial charge in [-0.15, -0.1) is 0 Å². The normalized spacial score (nSPS) is 10.4. The number of allylic oxidation sites excluding steroid dienone is 2. The summed E-state index contributed by atoms with van der Waals surface area (Å²) in [5, 5.41) is 50.8. The number of aromatic carboxylic acids is 1. The first kappa shape index (κ1) is 138. The second-order valence-corrected chi connectivity index (χ2v) is 30.4. The molecule has 4 N–H and O–H groups in total. The Bertz CT molecular complexity index is 5710. The topological polar surface area (TPSA) is 522 Å². The summed E-state index contributed by atoms with van der Waals surface area (Å²) in [7, 11) is 16.5. The number of halogens is 7. The molecule has 4 aromatic carbocycles. The van der Waals surface area contributed by atoms with E-state index in [2.05, 4.69) is 35.8 Å². The van der Waals surface area contributed by atoms with Crippen LogP contribution >= 0.6 is 33.0 Å². The number of carbonyl (C=O) groups excluding carboxylic acids is 6. The number of aromatic nitrogens is 4. The van der Waals surface area contributed by atoms with Gasteiger partial charge >= 0.3 is 42.9 Å². The number of hydrogen-bond donors (Lipinski definition) is 4.